The Balaban J connectivity index is 1.59. The van der Waals surface area contributed by atoms with Crippen molar-refractivity contribution in [1.29, 1.82) is 0 Å². The average Bonchev–Trinajstić information content (AvgIpc) is 3.42. The van der Waals surface area contributed by atoms with Gasteiger partial charge in [0.25, 0.3) is 0 Å². The molecule has 0 bridgehead atoms. The lowest BCUT2D eigenvalue weighted by atomic mass is 10.0. The summed E-state index contributed by atoms with van der Waals surface area (Å²) >= 11 is 0. The predicted octanol–water partition coefficient (Wildman–Crippen LogP) is 5.02. The number of nitrogens with one attached hydrogen (secondary N) is 1. The van der Waals surface area contributed by atoms with Gasteiger partial charge in [0.2, 0.25) is 0 Å². The summed E-state index contributed by atoms with van der Waals surface area (Å²) in [6.07, 6.45) is 2.46. The Kier molecular flexibility index (Phi) is 4.89. The van der Waals surface area contributed by atoms with Crippen LogP contribution in [0.3, 0.4) is 0 Å². The van der Waals surface area contributed by atoms with Crippen molar-refractivity contribution < 1.29 is 22.0 Å². The molecule has 1 fully saturated rings. The van der Waals surface area contributed by atoms with E-state index in [0.717, 1.165) is 43.6 Å². The van der Waals surface area contributed by atoms with Crippen molar-refractivity contribution in [3.63, 3.8) is 0 Å². The monoisotopic (exact) mass is 445 g/mol. The topological polar surface area (TPSA) is 81.9 Å². The highest BCUT2D eigenvalue weighted by atomic mass is 19.4. The first kappa shape index (κ1) is 20.5. The van der Waals surface area contributed by atoms with Gasteiger partial charge in [-0.3, -0.25) is 4.68 Å². The zero-order valence-electron chi connectivity index (χ0n) is 16.8. The summed E-state index contributed by atoms with van der Waals surface area (Å²) in [5, 5.41) is 8.36. The maximum atomic E-state index is 13.9. The molecule has 1 saturated heterocycles. The maximum absolute atomic E-state index is 13.9. The summed E-state index contributed by atoms with van der Waals surface area (Å²) in [4.78, 5) is 4.17. The van der Waals surface area contributed by atoms with E-state index in [-0.39, 0.29) is 28.8 Å². The fraction of sp³-hybridized carbons (Fsp3) is 0.273. The van der Waals surface area contributed by atoms with E-state index < -0.39 is 17.6 Å². The largest absolute Gasteiger partial charge is 0.452 e. The molecule has 4 aromatic rings. The highest BCUT2D eigenvalue weighted by Crippen LogP contribution is 2.39. The molecular formula is C22H19F4N5O. The number of anilines is 1. The Morgan fingerprint density at radius 3 is 2.59 bits per heavy atom. The Labute approximate surface area is 180 Å². The lowest BCUT2D eigenvalue weighted by molar-refractivity contribution is -0.137. The smallest absolute Gasteiger partial charge is 0.416 e. The van der Waals surface area contributed by atoms with Crippen LogP contribution in [0.25, 0.3) is 33.4 Å². The van der Waals surface area contributed by atoms with E-state index in [1.165, 1.54) is 0 Å². The molecule has 0 aliphatic carbocycles. The Morgan fingerprint density at radius 2 is 1.84 bits per heavy atom. The molecule has 1 aliphatic rings. The number of alkyl halides is 3. The molecule has 5 rings (SSSR count). The van der Waals surface area contributed by atoms with Crippen molar-refractivity contribution in [3.8, 4) is 22.5 Å². The minimum absolute atomic E-state index is 0.0377. The van der Waals surface area contributed by atoms with Gasteiger partial charge in [-0.25, -0.2) is 9.37 Å². The van der Waals surface area contributed by atoms with Gasteiger partial charge in [-0.1, -0.05) is 0 Å². The van der Waals surface area contributed by atoms with Crippen molar-refractivity contribution in [2.75, 3.05) is 18.8 Å². The summed E-state index contributed by atoms with van der Waals surface area (Å²) < 4.78 is 61.0. The number of pyridine rings is 1. The number of nitrogens with zero attached hydrogens (tertiary/aromatic N) is 3. The number of fused-ring (bicyclic) bond motifs is 1. The van der Waals surface area contributed by atoms with Gasteiger partial charge in [-0.15, -0.1) is 0 Å². The fourth-order valence-corrected chi connectivity index (χ4v) is 4.06. The first-order chi connectivity index (χ1) is 15.3. The molecule has 0 saturated carbocycles. The molecular weight excluding hydrogens is 426 g/mol. The third-order valence-electron chi connectivity index (χ3n) is 5.69. The number of furan rings is 1. The third kappa shape index (κ3) is 3.70. The van der Waals surface area contributed by atoms with Crippen molar-refractivity contribution in [2.24, 2.45) is 0 Å². The van der Waals surface area contributed by atoms with Crippen LogP contribution in [-0.4, -0.2) is 27.9 Å². The quantitative estimate of drug-likeness (QED) is 0.433. The van der Waals surface area contributed by atoms with Crippen LogP contribution >= 0.6 is 0 Å². The molecule has 0 unspecified atom stereocenters. The van der Waals surface area contributed by atoms with E-state index in [2.05, 4.69) is 15.4 Å². The van der Waals surface area contributed by atoms with Gasteiger partial charge in [0.1, 0.15) is 11.6 Å². The standard InChI is InChI=1S/C22H19F4N5O/c23-15-6-12(5-14(7-15)22(24,25)26)19-8-17-18(10-29-21(27)20(17)32-19)13-9-30-31(11-13)16-1-3-28-4-2-16/h5-11,16,28H,1-4H2,(H2,27,29). The maximum Gasteiger partial charge on any atom is 0.416 e. The number of rotatable bonds is 3. The molecule has 0 spiro atoms. The van der Waals surface area contributed by atoms with Crippen LogP contribution in [0.15, 0.2) is 47.3 Å². The first-order valence-corrected chi connectivity index (χ1v) is 10.1. The van der Waals surface area contributed by atoms with Crippen molar-refractivity contribution >= 4 is 16.8 Å². The molecule has 4 heterocycles. The lowest BCUT2D eigenvalue weighted by Gasteiger charge is -2.22. The minimum atomic E-state index is -4.68. The number of hydrogen-bond donors (Lipinski definition) is 2. The SMILES string of the molecule is Nc1ncc(-c2cnn(C3CCNCC3)c2)c2cc(-c3cc(F)cc(C(F)(F)F)c3)oc12. The van der Waals surface area contributed by atoms with Crippen LogP contribution in [0.1, 0.15) is 24.4 Å². The van der Waals surface area contributed by atoms with Gasteiger partial charge < -0.3 is 15.5 Å². The highest BCUT2D eigenvalue weighted by molar-refractivity contribution is 6.00. The zero-order chi connectivity index (χ0) is 22.5. The van der Waals surface area contributed by atoms with Gasteiger partial charge in [-0.2, -0.15) is 18.3 Å². The second-order valence-electron chi connectivity index (χ2n) is 7.83. The van der Waals surface area contributed by atoms with Gasteiger partial charge in [-0.05, 0) is 50.2 Å². The number of piperidine rings is 1. The third-order valence-corrected chi connectivity index (χ3v) is 5.69. The Morgan fingerprint density at radius 1 is 1.06 bits per heavy atom. The number of benzene rings is 1. The molecule has 3 aromatic heterocycles. The molecule has 32 heavy (non-hydrogen) atoms. The van der Waals surface area contributed by atoms with Crippen LogP contribution < -0.4 is 11.1 Å². The number of aromatic nitrogens is 3. The molecule has 6 nitrogen and oxygen atoms in total. The molecule has 166 valence electrons. The van der Waals surface area contributed by atoms with E-state index in [1.807, 2.05) is 10.9 Å². The Bertz CT molecular complexity index is 1290. The predicted molar refractivity (Wildman–Crippen MR) is 111 cm³/mol. The molecule has 0 atom stereocenters. The van der Waals surface area contributed by atoms with Crippen LogP contribution in [0, 0.1) is 5.82 Å². The second kappa shape index (κ2) is 7.63. The average molecular weight is 445 g/mol. The lowest BCUT2D eigenvalue weighted by Crippen LogP contribution is -2.29. The van der Waals surface area contributed by atoms with Crippen LogP contribution in [0.2, 0.25) is 0 Å². The summed E-state index contributed by atoms with van der Waals surface area (Å²) in [5.41, 5.74) is 6.51. The second-order valence-corrected chi connectivity index (χ2v) is 7.83. The number of halogens is 4. The van der Waals surface area contributed by atoms with Crippen LogP contribution in [0.5, 0.6) is 0 Å². The van der Waals surface area contributed by atoms with Crippen molar-refractivity contribution in [1.82, 2.24) is 20.1 Å². The van der Waals surface area contributed by atoms with E-state index in [0.29, 0.717) is 17.0 Å². The normalized spacial score (nSPS) is 15.5. The molecule has 3 N–H and O–H groups in total. The molecule has 1 aliphatic heterocycles. The van der Waals surface area contributed by atoms with E-state index >= 15 is 0 Å². The molecule has 0 amide bonds. The molecule has 1 aromatic carbocycles. The fourth-order valence-electron chi connectivity index (χ4n) is 4.06. The summed E-state index contributed by atoms with van der Waals surface area (Å²) in [6.45, 7) is 1.85. The Hall–Kier alpha value is -3.40. The molecule has 0 radical (unpaired) electrons. The van der Waals surface area contributed by atoms with Crippen LogP contribution in [-0.2, 0) is 6.18 Å². The van der Waals surface area contributed by atoms with Gasteiger partial charge in [0, 0.05) is 34.5 Å². The van der Waals surface area contributed by atoms with Crippen LogP contribution in [0.4, 0.5) is 23.4 Å². The van der Waals surface area contributed by atoms with Gasteiger partial charge >= 0.3 is 6.18 Å². The van der Waals surface area contributed by atoms with Crippen molar-refractivity contribution in [3.05, 3.63) is 54.2 Å². The van der Waals surface area contributed by atoms with E-state index in [4.69, 9.17) is 10.2 Å². The number of nitrogens with two attached hydrogens (primary N) is 1. The first-order valence-electron chi connectivity index (χ1n) is 10.1. The van der Waals surface area contributed by atoms with Gasteiger partial charge in [0.15, 0.2) is 11.4 Å². The van der Waals surface area contributed by atoms with E-state index in [1.54, 1.807) is 18.5 Å². The number of nitrogen functional groups attached to an aromatic ring is 1. The van der Waals surface area contributed by atoms with E-state index in [9.17, 15) is 17.6 Å². The highest BCUT2D eigenvalue weighted by Gasteiger charge is 2.32. The number of hydrogen-bond acceptors (Lipinski definition) is 5. The summed E-state index contributed by atoms with van der Waals surface area (Å²) in [7, 11) is 0. The molecule has 10 heteroatoms. The van der Waals surface area contributed by atoms with Gasteiger partial charge in [0.05, 0.1) is 17.8 Å². The van der Waals surface area contributed by atoms with Crippen molar-refractivity contribution in [2.45, 2.75) is 25.1 Å². The minimum Gasteiger partial charge on any atom is -0.452 e. The zero-order valence-corrected chi connectivity index (χ0v) is 16.8. The summed E-state index contributed by atoms with van der Waals surface area (Å²) in [5.74, 6) is -0.852. The summed E-state index contributed by atoms with van der Waals surface area (Å²) in [6, 6.07) is 4.13.